The summed E-state index contributed by atoms with van der Waals surface area (Å²) in [6.07, 6.45) is 4.93. The van der Waals surface area contributed by atoms with Gasteiger partial charge in [-0.3, -0.25) is 4.79 Å². The molecule has 4 nitrogen and oxygen atoms in total. The molecule has 1 aliphatic rings. The topological polar surface area (TPSA) is 58.6 Å². The summed E-state index contributed by atoms with van der Waals surface area (Å²) in [6.45, 7) is 5.23. The third kappa shape index (κ3) is 4.37. The second kappa shape index (κ2) is 8.90. The van der Waals surface area contributed by atoms with Gasteiger partial charge in [0.25, 0.3) is 0 Å². The Bertz CT molecular complexity index is 301. The van der Waals surface area contributed by atoms with Gasteiger partial charge in [-0.15, -0.1) is 0 Å². The largest absolute Gasteiger partial charge is 0.468 e. The molecule has 0 aromatic heterocycles. The van der Waals surface area contributed by atoms with Gasteiger partial charge in [-0.25, -0.2) is 0 Å². The zero-order valence-corrected chi connectivity index (χ0v) is 13.8. The van der Waals surface area contributed by atoms with Crippen LogP contribution in [0.3, 0.4) is 0 Å². The van der Waals surface area contributed by atoms with Crippen LogP contribution in [0.1, 0.15) is 46.0 Å². The van der Waals surface area contributed by atoms with E-state index >= 15 is 0 Å². The summed E-state index contributed by atoms with van der Waals surface area (Å²) in [5.74, 6) is 1.30. The fraction of sp³-hybridized carbons (Fsp3) is 0.933. The third-order valence-corrected chi connectivity index (χ3v) is 5.54. The highest BCUT2D eigenvalue weighted by atomic mass is 32.2. The number of hydrogen-bond donors (Lipinski definition) is 2. The van der Waals surface area contributed by atoms with Crippen LogP contribution in [0.25, 0.3) is 0 Å². The molecule has 0 aliphatic heterocycles. The number of likely N-dealkylation sites (N-methyl/N-ethyl adjacent to an activating group) is 1. The van der Waals surface area contributed by atoms with Gasteiger partial charge < -0.3 is 15.2 Å². The van der Waals surface area contributed by atoms with Gasteiger partial charge in [-0.2, -0.15) is 11.8 Å². The van der Waals surface area contributed by atoms with E-state index in [-0.39, 0.29) is 12.6 Å². The minimum absolute atomic E-state index is 0.102. The van der Waals surface area contributed by atoms with Gasteiger partial charge in [-0.1, -0.05) is 20.3 Å². The molecule has 20 heavy (non-hydrogen) atoms. The summed E-state index contributed by atoms with van der Waals surface area (Å²) < 4.78 is 5.04. The average molecular weight is 303 g/mol. The number of aliphatic hydroxyl groups excluding tert-OH is 1. The molecular formula is C15H29NO3S. The molecule has 1 saturated carbocycles. The van der Waals surface area contributed by atoms with E-state index in [0.29, 0.717) is 11.2 Å². The lowest BCUT2D eigenvalue weighted by molar-refractivity contribution is -0.150. The summed E-state index contributed by atoms with van der Waals surface area (Å²) in [7, 11) is 1.48. The minimum atomic E-state index is -0.468. The average Bonchev–Trinajstić information content (AvgIpc) is 2.83. The van der Waals surface area contributed by atoms with Gasteiger partial charge in [0.05, 0.1) is 7.11 Å². The molecule has 3 unspecified atom stereocenters. The van der Waals surface area contributed by atoms with Crippen LogP contribution in [0, 0.1) is 5.92 Å². The Morgan fingerprint density at radius 2 is 2.35 bits per heavy atom. The molecule has 2 N–H and O–H groups in total. The number of ether oxygens (including phenoxy) is 1. The standard InChI is InChI=1S/C15H29NO3S/c1-4-16-15(14(18)19-3)9-5-6-13(15)8-11-20-12(2)7-10-17/h12-13,16-17H,4-11H2,1-3H3. The van der Waals surface area contributed by atoms with Crippen molar-refractivity contribution in [3.63, 3.8) is 0 Å². The number of carbonyl (C=O) groups excluding carboxylic acids is 1. The van der Waals surface area contributed by atoms with Crippen LogP contribution >= 0.6 is 11.8 Å². The molecule has 1 rings (SSSR count). The maximum absolute atomic E-state index is 12.2. The van der Waals surface area contributed by atoms with Crippen molar-refractivity contribution in [1.82, 2.24) is 5.32 Å². The van der Waals surface area contributed by atoms with Crippen LogP contribution < -0.4 is 5.32 Å². The molecule has 3 atom stereocenters. The van der Waals surface area contributed by atoms with Crippen molar-refractivity contribution in [3.8, 4) is 0 Å². The Kier molecular flexibility index (Phi) is 7.92. The summed E-state index contributed by atoms with van der Waals surface area (Å²) in [6, 6.07) is 0. The van der Waals surface area contributed by atoms with Crippen LogP contribution in [0.5, 0.6) is 0 Å². The molecular weight excluding hydrogens is 274 g/mol. The quantitative estimate of drug-likeness (QED) is 0.640. The number of methoxy groups -OCH3 is 1. The highest BCUT2D eigenvalue weighted by molar-refractivity contribution is 7.99. The molecule has 1 aliphatic carbocycles. The van der Waals surface area contributed by atoms with Crippen molar-refractivity contribution < 1.29 is 14.6 Å². The van der Waals surface area contributed by atoms with E-state index in [1.165, 1.54) is 7.11 Å². The monoisotopic (exact) mass is 303 g/mol. The summed E-state index contributed by atoms with van der Waals surface area (Å²) in [5.41, 5.74) is -0.468. The summed E-state index contributed by atoms with van der Waals surface area (Å²) >= 11 is 1.89. The first kappa shape index (κ1) is 17.8. The Balaban J connectivity index is 2.55. The van der Waals surface area contributed by atoms with Crippen molar-refractivity contribution in [1.29, 1.82) is 0 Å². The molecule has 0 aromatic carbocycles. The second-order valence-corrected chi connectivity index (χ2v) is 7.11. The second-order valence-electron chi connectivity index (χ2n) is 5.56. The smallest absolute Gasteiger partial charge is 0.326 e. The molecule has 1 fully saturated rings. The Morgan fingerprint density at radius 1 is 1.60 bits per heavy atom. The van der Waals surface area contributed by atoms with Crippen molar-refractivity contribution in [2.75, 3.05) is 26.0 Å². The Labute approximate surface area is 127 Å². The lowest BCUT2D eigenvalue weighted by Crippen LogP contribution is -2.55. The van der Waals surface area contributed by atoms with E-state index in [2.05, 4.69) is 12.2 Å². The predicted molar refractivity (Wildman–Crippen MR) is 84.0 cm³/mol. The van der Waals surface area contributed by atoms with Crippen molar-refractivity contribution in [3.05, 3.63) is 0 Å². The first-order valence-corrected chi connectivity index (χ1v) is 8.71. The molecule has 5 heteroatoms. The zero-order valence-electron chi connectivity index (χ0n) is 13.0. The van der Waals surface area contributed by atoms with Crippen LogP contribution in [-0.4, -0.2) is 47.9 Å². The molecule has 0 heterocycles. The normalized spacial score (nSPS) is 27.5. The molecule has 0 saturated heterocycles. The van der Waals surface area contributed by atoms with Crippen molar-refractivity contribution >= 4 is 17.7 Å². The predicted octanol–water partition coefficient (Wildman–Crippen LogP) is 2.20. The van der Waals surface area contributed by atoms with E-state index in [1.807, 2.05) is 18.7 Å². The number of rotatable bonds is 9. The van der Waals surface area contributed by atoms with Crippen molar-refractivity contribution in [2.24, 2.45) is 5.92 Å². The number of thioether (sulfide) groups is 1. The summed E-state index contributed by atoms with van der Waals surface area (Å²) in [4.78, 5) is 12.2. The van der Waals surface area contributed by atoms with Crippen LogP contribution in [0.4, 0.5) is 0 Å². The highest BCUT2D eigenvalue weighted by Crippen LogP contribution is 2.39. The van der Waals surface area contributed by atoms with E-state index in [0.717, 1.165) is 44.4 Å². The number of carbonyl (C=O) groups is 1. The molecule has 118 valence electrons. The number of hydrogen-bond acceptors (Lipinski definition) is 5. The fourth-order valence-corrected chi connectivity index (χ4v) is 4.31. The highest BCUT2D eigenvalue weighted by Gasteiger charge is 2.48. The molecule has 0 spiro atoms. The first-order valence-electron chi connectivity index (χ1n) is 7.66. The van der Waals surface area contributed by atoms with E-state index in [1.54, 1.807) is 0 Å². The van der Waals surface area contributed by atoms with E-state index in [4.69, 9.17) is 9.84 Å². The lowest BCUT2D eigenvalue weighted by Gasteiger charge is -2.33. The number of esters is 1. The molecule has 0 radical (unpaired) electrons. The van der Waals surface area contributed by atoms with Gasteiger partial charge in [0, 0.05) is 11.9 Å². The van der Waals surface area contributed by atoms with Gasteiger partial charge >= 0.3 is 5.97 Å². The third-order valence-electron chi connectivity index (χ3n) is 4.27. The number of aliphatic hydroxyl groups is 1. The maximum atomic E-state index is 12.2. The van der Waals surface area contributed by atoms with Crippen LogP contribution in [-0.2, 0) is 9.53 Å². The Morgan fingerprint density at radius 3 is 2.95 bits per heavy atom. The molecule has 0 bridgehead atoms. The zero-order chi connectivity index (χ0) is 15.0. The van der Waals surface area contributed by atoms with E-state index < -0.39 is 5.54 Å². The fourth-order valence-electron chi connectivity index (χ4n) is 3.22. The number of nitrogens with one attached hydrogen (secondary N) is 1. The van der Waals surface area contributed by atoms with Gasteiger partial charge in [-0.05, 0) is 43.9 Å². The van der Waals surface area contributed by atoms with Gasteiger partial charge in [0.15, 0.2) is 0 Å². The first-order chi connectivity index (χ1) is 9.60. The Hall–Kier alpha value is -0.260. The lowest BCUT2D eigenvalue weighted by atomic mass is 9.85. The van der Waals surface area contributed by atoms with Gasteiger partial charge in [0.2, 0.25) is 0 Å². The van der Waals surface area contributed by atoms with E-state index in [9.17, 15) is 4.79 Å². The van der Waals surface area contributed by atoms with Crippen LogP contribution in [0.2, 0.25) is 0 Å². The maximum Gasteiger partial charge on any atom is 0.326 e. The van der Waals surface area contributed by atoms with Crippen LogP contribution in [0.15, 0.2) is 0 Å². The molecule has 0 amide bonds. The summed E-state index contributed by atoms with van der Waals surface area (Å²) in [5, 5.41) is 12.8. The van der Waals surface area contributed by atoms with Crippen molar-refractivity contribution in [2.45, 2.75) is 56.7 Å². The minimum Gasteiger partial charge on any atom is -0.468 e. The van der Waals surface area contributed by atoms with Gasteiger partial charge in [0.1, 0.15) is 5.54 Å². The SMILES string of the molecule is CCNC1(C(=O)OC)CCCC1CCSC(C)CCO. The molecule has 0 aromatic rings.